The number of nitrogens with zero attached hydrogens (tertiary/aromatic N) is 1. The van der Waals surface area contributed by atoms with Gasteiger partial charge >= 0.3 is 6.09 Å². The van der Waals surface area contributed by atoms with E-state index in [1.807, 2.05) is 32.2 Å². The molecule has 1 unspecified atom stereocenters. The van der Waals surface area contributed by atoms with Crippen molar-refractivity contribution in [3.05, 3.63) is 23.9 Å². The summed E-state index contributed by atoms with van der Waals surface area (Å²) in [6.45, 7) is 6.13. The van der Waals surface area contributed by atoms with Crippen molar-refractivity contribution < 1.29 is 9.53 Å². The van der Waals surface area contributed by atoms with Gasteiger partial charge in [-0.2, -0.15) is 0 Å². The van der Waals surface area contributed by atoms with Crippen molar-refractivity contribution in [3.63, 3.8) is 0 Å². The average molecular weight is 181 g/mol. The quantitative estimate of drug-likeness (QED) is 0.621. The molecule has 0 aromatic rings. The van der Waals surface area contributed by atoms with Crippen LogP contribution in [0.5, 0.6) is 0 Å². The van der Waals surface area contributed by atoms with Crippen LogP contribution in [0, 0.1) is 0 Å². The van der Waals surface area contributed by atoms with E-state index in [1.54, 1.807) is 11.8 Å². The largest absolute Gasteiger partial charge is 0.449 e. The Hall–Kier alpha value is -1.25. The summed E-state index contributed by atoms with van der Waals surface area (Å²) in [4.78, 5) is 13.0. The molecule has 1 aliphatic heterocycles. The van der Waals surface area contributed by atoms with Gasteiger partial charge in [-0.3, -0.25) is 4.90 Å². The van der Waals surface area contributed by atoms with E-state index in [-0.39, 0.29) is 12.1 Å². The van der Waals surface area contributed by atoms with Gasteiger partial charge in [-0.25, -0.2) is 4.79 Å². The number of rotatable bonds is 1. The van der Waals surface area contributed by atoms with Crippen LogP contribution in [0.4, 0.5) is 4.79 Å². The predicted octanol–water partition coefficient (Wildman–Crippen LogP) is 2.31. The van der Waals surface area contributed by atoms with E-state index in [2.05, 4.69) is 0 Å². The van der Waals surface area contributed by atoms with E-state index in [0.29, 0.717) is 6.61 Å². The summed E-state index contributed by atoms with van der Waals surface area (Å²) < 4.78 is 4.91. The molecular weight excluding hydrogens is 166 g/mol. The molecule has 1 rings (SSSR count). The monoisotopic (exact) mass is 181 g/mol. The van der Waals surface area contributed by atoms with Crippen LogP contribution in [0.1, 0.15) is 20.8 Å². The summed E-state index contributed by atoms with van der Waals surface area (Å²) in [6.07, 6.45) is 5.51. The number of carbonyl (C=O) groups is 1. The lowest BCUT2D eigenvalue weighted by molar-refractivity contribution is 0.116. The van der Waals surface area contributed by atoms with E-state index >= 15 is 0 Å². The third-order valence-electron chi connectivity index (χ3n) is 1.90. The Morgan fingerprint density at radius 2 is 2.38 bits per heavy atom. The summed E-state index contributed by atoms with van der Waals surface area (Å²) in [7, 11) is 0. The van der Waals surface area contributed by atoms with Gasteiger partial charge in [0.05, 0.1) is 12.6 Å². The Bertz CT molecular complexity index is 256. The van der Waals surface area contributed by atoms with Gasteiger partial charge in [-0.15, -0.1) is 0 Å². The van der Waals surface area contributed by atoms with Gasteiger partial charge in [0.1, 0.15) is 0 Å². The third-order valence-corrected chi connectivity index (χ3v) is 1.90. The number of carbonyl (C=O) groups excluding carboxylic acids is 1. The van der Waals surface area contributed by atoms with Gasteiger partial charge in [0.15, 0.2) is 0 Å². The van der Waals surface area contributed by atoms with Crippen LogP contribution < -0.4 is 0 Å². The minimum absolute atomic E-state index is 0.0859. The van der Waals surface area contributed by atoms with Crippen LogP contribution >= 0.6 is 0 Å². The minimum atomic E-state index is -0.279. The standard InChI is InChI=1S/C10H15NO2/c1-4-13-10(12)11-7-8(2)5-6-9(11)3/h5-7,9H,4H2,1-3H3. The molecule has 1 heterocycles. The summed E-state index contributed by atoms with van der Waals surface area (Å²) in [5.41, 5.74) is 1.06. The SMILES string of the molecule is CCOC(=O)N1C=C(C)C=CC1C. The Kier molecular flexibility index (Phi) is 3.12. The maximum absolute atomic E-state index is 11.4. The Morgan fingerprint density at radius 3 is 3.00 bits per heavy atom. The maximum atomic E-state index is 11.4. The fraction of sp³-hybridized carbons (Fsp3) is 0.500. The van der Waals surface area contributed by atoms with Gasteiger partial charge in [-0.05, 0) is 26.3 Å². The molecule has 1 atom stereocenters. The molecule has 13 heavy (non-hydrogen) atoms. The van der Waals surface area contributed by atoms with Crippen LogP contribution in [0.15, 0.2) is 23.9 Å². The van der Waals surface area contributed by atoms with Gasteiger partial charge < -0.3 is 4.74 Å². The number of hydrogen-bond acceptors (Lipinski definition) is 2. The molecule has 0 spiro atoms. The number of allylic oxidation sites excluding steroid dienone is 2. The molecule has 0 aromatic heterocycles. The first-order valence-corrected chi connectivity index (χ1v) is 4.47. The van der Waals surface area contributed by atoms with Crippen molar-refractivity contribution in [3.8, 4) is 0 Å². The van der Waals surface area contributed by atoms with Gasteiger partial charge in [0, 0.05) is 6.20 Å². The second kappa shape index (κ2) is 4.12. The zero-order chi connectivity index (χ0) is 9.84. The molecule has 0 saturated carbocycles. The van der Waals surface area contributed by atoms with Crippen LogP contribution in [0.2, 0.25) is 0 Å². The molecule has 0 aliphatic carbocycles. The van der Waals surface area contributed by atoms with E-state index < -0.39 is 0 Å². The van der Waals surface area contributed by atoms with E-state index in [1.165, 1.54) is 0 Å². The highest BCUT2D eigenvalue weighted by Gasteiger charge is 2.19. The van der Waals surface area contributed by atoms with Gasteiger partial charge in [-0.1, -0.05) is 12.2 Å². The first kappa shape index (κ1) is 9.84. The highest BCUT2D eigenvalue weighted by Crippen LogP contribution is 2.13. The van der Waals surface area contributed by atoms with E-state index in [9.17, 15) is 4.79 Å². The topological polar surface area (TPSA) is 29.5 Å². The first-order valence-electron chi connectivity index (χ1n) is 4.47. The number of amides is 1. The lowest BCUT2D eigenvalue weighted by Gasteiger charge is -2.25. The summed E-state index contributed by atoms with van der Waals surface area (Å²) >= 11 is 0. The molecule has 72 valence electrons. The summed E-state index contributed by atoms with van der Waals surface area (Å²) in [5, 5.41) is 0. The molecule has 3 heteroatoms. The number of hydrogen-bond donors (Lipinski definition) is 0. The van der Waals surface area contributed by atoms with Crippen molar-refractivity contribution >= 4 is 6.09 Å². The molecule has 0 N–H and O–H groups in total. The second-order valence-corrected chi connectivity index (χ2v) is 3.08. The van der Waals surface area contributed by atoms with Crippen LogP contribution in [0.25, 0.3) is 0 Å². The van der Waals surface area contributed by atoms with Crippen molar-refractivity contribution in [2.24, 2.45) is 0 Å². The first-order chi connectivity index (χ1) is 6.15. The van der Waals surface area contributed by atoms with Gasteiger partial charge in [0.2, 0.25) is 0 Å². The number of ether oxygens (including phenoxy) is 1. The zero-order valence-corrected chi connectivity index (χ0v) is 8.28. The summed E-state index contributed by atoms with van der Waals surface area (Å²) in [5.74, 6) is 0. The van der Waals surface area contributed by atoms with E-state index in [4.69, 9.17) is 4.74 Å². The molecule has 0 bridgehead atoms. The van der Waals surface area contributed by atoms with Crippen LogP contribution in [0.3, 0.4) is 0 Å². The third kappa shape index (κ3) is 2.34. The van der Waals surface area contributed by atoms with Crippen molar-refractivity contribution in [2.75, 3.05) is 6.61 Å². The molecule has 0 saturated heterocycles. The molecular formula is C10H15NO2. The fourth-order valence-corrected chi connectivity index (χ4v) is 1.18. The van der Waals surface area contributed by atoms with Crippen molar-refractivity contribution in [2.45, 2.75) is 26.8 Å². The lowest BCUT2D eigenvalue weighted by atomic mass is 10.1. The fourth-order valence-electron chi connectivity index (χ4n) is 1.18. The van der Waals surface area contributed by atoms with Gasteiger partial charge in [0.25, 0.3) is 0 Å². The molecule has 0 fully saturated rings. The van der Waals surface area contributed by atoms with E-state index in [0.717, 1.165) is 5.57 Å². The molecule has 0 aromatic carbocycles. The minimum Gasteiger partial charge on any atom is -0.449 e. The maximum Gasteiger partial charge on any atom is 0.414 e. The second-order valence-electron chi connectivity index (χ2n) is 3.08. The lowest BCUT2D eigenvalue weighted by Crippen LogP contribution is -2.35. The Morgan fingerprint density at radius 1 is 1.69 bits per heavy atom. The smallest absolute Gasteiger partial charge is 0.414 e. The van der Waals surface area contributed by atoms with Crippen molar-refractivity contribution in [1.82, 2.24) is 4.90 Å². The summed E-state index contributed by atoms with van der Waals surface area (Å²) in [6, 6.07) is 0.0859. The predicted molar refractivity (Wildman–Crippen MR) is 51.2 cm³/mol. The normalized spacial score (nSPS) is 21.3. The molecule has 1 aliphatic rings. The zero-order valence-electron chi connectivity index (χ0n) is 8.28. The Balaban J connectivity index is 2.68. The highest BCUT2D eigenvalue weighted by molar-refractivity contribution is 5.70. The average Bonchev–Trinajstić information content (AvgIpc) is 2.09. The van der Waals surface area contributed by atoms with Crippen LogP contribution in [-0.2, 0) is 4.74 Å². The molecule has 3 nitrogen and oxygen atoms in total. The van der Waals surface area contributed by atoms with Crippen LogP contribution in [-0.4, -0.2) is 23.6 Å². The molecule has 1 amide bonds. The highest BCUT2D eigenvalue weighted by atomic mass is 16.6. The van der Waals surface area contributed by atoms with Crippen molar-refractivity contribution in [1.29, 1.82) is 0 Å². The Labute approximate surface area is 78.7 Å². The molecule has 0 radical (unpaired) electrons.